The third-order valence-corrected chi connectivity index (χ3v) is 6.58. The Hall–Kier alpha value is -3.49. The first-order valence-corrected chi connectivity index (χ1v) is 11.6. The van der Waals surface area contributed by atoms with Gasteiger partial charge in [-0.25, -0.2) is 0 Å². The molecule has 3 aromatic carbocycles. The van der Waals surface area contributed by atoms with Gasteiger partial charge in [-0.15, -0.1) is 0 Å². The molecule has 0 bridgehead atoms. The minimum absolute atomic E-state index is 0.0424. The maximum atomic E-state index is 13.2. The predicted octanol–water partition coefficient (Wildman–Crippen LogP) is 4.36. The molecule has 5 rings (SSSR count). The molecule has 3 N–H and O–H groups in total. The van der Waals surface area contributed by atoms with Crippen LogP contribution in [0.25, 0.3) is 11.3 Å². The number of halogens is 1. The molecule has 1 aliphatic heterocycles. The summed E-state index contributed by atoms with van der Waals surface area (Å²) in [5.41, 5.74) is 3.67. The summed E-state index contributed by atoms with van der Waals surface area (Å²) in [4.78, 5) is 16.1. The Morgan fingerprint density at radius 1 is 1.15 bits per heavy atom. The van der Waals surface area contributed by atoms with Crippen molar-refractivity contribution in [1.82, 2.24) is 10.1 Å². The van der Waals surface area contributed by atoms with E-state index < -0.39 is 6.17 Å². The van der Waals surface area contributed by atoms with Crippen LogP contribution < -0.4 is 20.3 Å². The van der Waals surface area contributed by atoms with Crippen molar-refractivity contribution >= 4 is 29.1 Å². The Bertz CT molecular complexity index is 1390. The van der Waals surface area contributed by atoms with Crippen molar-refractivity contribution in [3.63, 3.8) is 0 Å². The van der Waals surface area contributed by atoms with Crippen molar-refractivity contribution in [2.45, 2.75) is 17.1 Å². The first-order valence-electron chi connectivity index (χ1n) is 10.2. The predicted molar refractivity (Wildman–Crippen MR) is 128 cm³/mol. The summed E-state index contributed by atoms with van der Waals surface area (Å²) in [6, 6.07) is 20.3. The second-order valence-corrected chi connectivity index (χ2v) is 8.89. The number of ether oxygens (including phenoxy) is 1. The molecule has 4 aromatic rings. The lowest BCUT2D eigenvalue weighted by Gasteiger charge is -2.22. The van der Waals surface area contributed by atoms with Gasteiger partial charge in [-0.05, 0) is 52.7 Å². The van der Waals surface area contributed by atoms with Crippen LogP contribution >= 0.6 is 23.4 Å². The van der Waals surface area contributed by atoms with E-state index in [1.54, 1.807) is 22.9 Å². The van der Waals surface area contributed by atoms with Crippen molar-refractivity contribution in [1.29, 1.82) is 0 Å². The van der Waals surface area contributed by atoms with Crippen molar-refractivity contribution in [3.05, 3.63) is 93.2 Å². The Kier molecular flexibility index (Phi) is 5.70. The van der Waals surface area contributed by atoms with Crippen LogP contribution in [0.4, 0.5) is 5.69 Å². The molecule has 1 atom stereocenters. The number of nitrogens with zero attached hydrogens (tertiary/aromatic N) is 2. The highest BCUT2D eigenvalue weighted by atomic mass is 35.5. The van der Waals surface area contributed by atoms with Crippen LogP contribution in [0.3, 0.4) is 0 Å². The molecule has 0 fully saturated rings. The van der Waals surface area contributed by atoms with E-state index in [1.807, 2.05) is 48.5 Å². The number of anilines is 1. The number of phenols is 1. The summed E-state index contributed by atoms with van der Waals surface area (Å²) in [5, 5.41) is 19.4. The van der Waals surface area contributed by atoms with Gasteiger partial charge in [0.1, 0.15) is 0 Å². The van der Waals surface area contributed by atoms with E-state index in [4.69, 9.17) is 21.4 Å². The average molecular weight is 480 g/mol. The number of phenolic OH excluding ortho intramolecular Hbond substituents is 1. The second kappa shape index (κ2) is 8.80. The Morgan fingerprint density at radius 2 is 1.94 bits per heavy atom. The lowest BCUT2D eigenvalue weighted by molar-refractivity contribution is -0.759. The summed E-state index contributed by atoms with van der Waals surface area (Å²) in [6.45, 7) is 0. The van der Waals surface area contributed by atoms with Gasteiger partial charge < -0.3 is 15.2 Å². The van der Waals surface area contributed by atoms with Gasteiger partial charge in [-0.2, -0.15) is 0 Å². The largest absolute Gasteiger partial charge is 0.504 e. The number of hydrogen-bond acceptors (Lipinski definition) is 6. The van der Waals surface area contributed by atoms with Crippen molar-refractivity contribution < 1.29 is 14.5 Å². The monoisotopic (exact) mass is 479 g/mol. The second-order valence-electron chi connectivity index (χ2n) is 7.49. The van der Waals surface area contributed by atoms with E-state index in [9.17, 15) is 9.90 Å². The first-order chi connectivity index (χ1) is 16.0. The van der Waals surface area contributed by atoms with Crippen LogP contribution in [0, 0.1) is 0 Å². The zero-order chi connectivity index (χ0) is 22.9. The summed E-state index contributed by atoms with van der Waals surface area (Å²) < 4.78 is 6.98. The van der Waals surface area contributed by atoms with Gasteiger partial charge in [-0.3, -0.25) is 9.78 Å². The maximum absolute atomic E-state index is 13.2. The number of H-pyrrole nitrogens is 1. The molecule has 1 aromatic heterocycles. The number of methoxy groups -OCH3 is 1. The molecule has 1 aliphatic rings. The molecule has 0 amide bonds. The van der Waals surface area contributed by atoms with Crippen LogP contribution in [0.5, 0.6) is 11.5 Å². The van der Waals surface area contributed by atoms with E-state index in [2.05, 4.69) is 10.3 Å². The average Bonchev–Trinajstić information content (AvgIpc) is 2.83. The van der Waals surface area contributed by atoms with E-state index >= 15 is 0 Å². The number of aromatic hydroxyl groups is 1. The number of aromatic amines is 1. The molecule has 0 aliphatic carbocycles. The molecule has 33 heavy (non-hydrogen) atoms. The van der Waals surface area contributed by atoms with Crippen LogP contribution in [0.15, 0.2) is 76.7 Å². The highest BCUT2D eigenvalue weighted by molar-refractivity contribution is 7.98. The molecule has 0 radical (unpaired) electrons. The number of benzene rings is 3. The fourth-order valence-corrected chi connectivity index (χ4v) is 4.71. The van der Waals surface area contributed by atoms with Crippen LogP contribution in [0.2, 0.25) is 5.02 Å². The minimum Gasteiger partial charge on any atom is -0.504 e. The molecule has 0 unspecified atom stereocenters. The van der Waals surface area contributed by atoms with E-state index in [0.29, 0.717) is 27.4 Å². The maximum Gasteiger partial charge on any atom is 0.325 e. The van der Waals surface area contributed by atoms with E-state index in [-0.39, 0.29) is 11.3 Å². The standard InChI is InChI=1S/C24H19ClN4O3S/c1-32-20-12-15(8-11-19(20)30)22-26-18-5-3-2-4-17(18)21-23(31)27-24(28-29(21)22)33-13-14-6-9-16(25)10-7-14/h2-12,22H,13H2,1H3,(H2,27,28,30,31)/p+1/t22-/m1/s1. The third-order valence-electron chi connectivity index (χ3n) is 5.39. The Labute approximate surface area is 199 Å². The molecule has 0 saturated heterocycles. The van der Waals surface area contributed by atoms with Crippen LogP contribution in [-0.4, -0.2) is 22.3 Å². The first kappa shape index (κ1) is 21.4. The molecule has 166 valence electrons. The van der Waals surface area contributed by atoms with Crippen molar-refractivity contribution in [2.24, 2.45) is 0 Å². The topological polar surface area (TPSA) is 91.1 Å². The van der Waals surface area contributed by atoms with Gasteiger partial charge in [-0.1, -0.05) is 47.6 Å². The van der Waals surface area contributed by atoms with Gasteiger partial charge >= 0.3 is 11.3 Å². The van der Waals surface area contributed by atoms with Gasteiger partial charge in [0.25, 0.3) is 6.17 Å². The number of thioether (sulfide) groups is 1. The molecular formula is C24H20ClN4O3S+. The number of nitrogens with one attached hydrogen (secondary N) is 2. The zero-order valence-corrected chi connectivity index (χ0v) is 19.2. The van der Waals surface area contributed by atoms with E-state index in [1.165, 1.54) is 18.9 Å². The van der Waals surface area contributed by atoms with Gasteiger partial charge in [0, 0.05) is 21.4 Å². The van der Waals surface area contributed by atoms with Gasteiger partial charge in [0.05, 0.1) is 18.4 Å². The molecule has 0 saturated carbocycles. The summed E-state index contributed by atoms with van der Waals surface area (Å²) in [6.07, 6.45) is -0.471. The van der Waals surface area contributed by atoms with Gasteiger partial charge in [0.2, 0.25) is 5.16 Å². The molecular weight excluding hydrogens is 460 g/mol. The number of rotatable bonds is 5. The smallest absolute Gasteiger partial charge is 0.325 e. The normalized spacial score (nSPS) is 14.2. The lowest BCUT2D eigenvalue weighted by atomic mass is 10.0. The fraction of sp³-hybridized carbons (Fsp3) is 0.125. The minimum atomic E-state index is -0.471. The lowest BCUT2D eigenvalue weighted by Crippen LogP contribution is -2.55. The van der Waals surface area contributed by atoms with Crippen LogP contribution in [0.1, 0.15) is 17.3 Å². The Morgan fingerprint density at radius 3 is 2.73 bits per heavy atom. The molecule has 9 heteroatoms. The zero-order valence-electron chi connectivity index (χ0n) is 17.6. The van der Waals surface area contributed by atoms with Gasteiger partial charge in [0.15, 0.2) is 11.5 Å². The van der Waals surface area contributed by atoms with Crippen LogP contribution in [-0.2, 0) is 5.75 Å². The molecule has 7 nitrogen and oxygen atoms in total. The van der Waals surface area contributed by atoms with Crippen molar-refractivity contribution in [2.75, 3.05) is 12.4 Å². The quantitative estimate of drug-likeness (QED) is 0.291. The third kappa shape index (κ3) is 4.15. The highest BCUT2D eigenvalue weighted by Crippen LogP contribution is 2.34. The van der Waals surface area contributed by atoms with E-state index in [0.717, 1.165) is 22.4 Å². The summed E-state index contributed by atoms with van der Waals surface area (Å²) >= 11 is 7.41. The SMILES string of the molecule is COc1cc([C@@H]2Nc3ccccc3-c3c(=O)[nH]c(SCc4ccc(Cl)cc4)n[n+]32)ccc1O. The number of aromatic nitrogens is 3. The van der Waals surface area contributed by atoms with Crippen molar-refractivity contribution in [3.8, 4) is 22.8 Å². The summed E-state index contributed by atoms with van der Waals surface area (Å²) in [7, 11) is 1.50. The molecule has 2 heterocycles. The Balaban J connectivity index is 1.58. The number of para-hydroxylation sites is 1. The highest BCUT2D eigenvalue weighted by Gasteiger charge is 2.38. The number of hydrogen-bond donors (Lipinski definition) is 3. The fourth-order valence-electron chi connectivity index (χ4n) is 3.78. The summed E-state index contributed by atoms with van der Waals surface area (Å²) in [5.74, 6) is 1.01. The molecule has 0 spiro atoms. The number of fused-ring (bicyclic) bond motifs is 3.